The topological polar surface area (TPSA) is 84.3 Å². The number of carbonyl (C=O) groups excluding carboxylic acids is 1. The van der Waals surface area contributed by atoms with E-state index in [4.69, 9.17) is 0 Å². The van der Waals surface area contributed by atoms with Gasteiger partial charge in [0.1, 0.15) is 6.04 Å². The van der Waals surface area contributed by atoms with E-state index in [1.165, 1.54) is 14.1 Å². The SMILES string of the molecule is Cc1cc(C)n(C(C)C(=O)NCCS(=O)(=O)N(C)C)n1. The summed E-state index contributed by atoms with van der Waals surface area (Å²) in [5.41, 5.74) is 1.74. The van der Waals surface area contributed by atoms with Crippen molar-refractivity contribution in [2.24, 2.45) is 0 Å². The highest BCUT2D eigenvalue weighted by Gasteiger charge is 2.19. The third kappa shape index (κ3) is 4.04. The molecular formula is C12H22N4O3S. The summed E-state index contributed by atoms with van der Waals surface area (Å²) < 4.78 is 25.9. The monoisotopic (exact) mass is 302 g/mol. The summed E-state index contributed by atoms with van der Waals surface area (Å²) in [6.07, 6.45) is 0. The van der Waals surface area contributed by atoms with Gasteiger partial charge in [0.05, 0.1) is 11.4 Å². The lowest BCUT2D eigenvalue weighted by Gasteiger charge is -2.15. The molecule has 114 valence electrons. The Hall–Kier alpha value is -1.41. The average Bonchev–Trinajstić information content (AvgIpc) is 2.66. The molecular weight excluding hydrogens is 280 g/mol. The van der Waals surface area contributed by atoms with Gasteiger partial charge in [-0.25, -0.2) is 12.7 Å². The molecule has 0 saturated carbocycles. The lowest BCUT2D eigenvalue weighted by Crippen LogP contribution is -2.37. The number of nitrogens with one attached hydrogen (secondary N) is 1. The summed E-state index contributed by atoms with van der Waals surface area (Å²) in [6.45, 7) is 5.55. The maximum Gasteiger partial charge on any atom is 0.244 e. The number of amides is 1. The second kappa shape index (κ2) is 6.36. The molecule has 1 amide bonds. The Morgan fingerprint density at radius 3 is 2.50 bits per heavy atom. The maximum atomic E-state index is 12.0. The van der Waals surface area contributed by atoms with Crippen molar-refractivity contribution in [1.29, 1.82) is 0 Å². The van der Waals surface area contributed by atoms with Crippen molar-refractivity contribution >= 4 is 15.9 Å². The van der Waals surface area contributed by atoms with Crippen molar-refractivity contribution in [2.45, 2.75) is 26.8 Å². The van der Waals surface area contributed by atoms with Gasteiger partial charge >= 0.3 is 0 Å². The largest absolute Gasteiger partial charge is 0.353 e. The highest BCUT2D eigenvalue weighted by Crippen LogP contribution is 2.10. The molecule has 0 bridgehead atoms. The molecule has 1 rings (SSSR count). The van der Waals surface area contributed by atoms with Gasteiger partial charge in [-0.15, -0.1) is 0 Å². The van der Waals surface area contributed by atoms with E-state index < -0.39 is 16.1 Å². The van der Waals surface area contributed by atoms with Crippen molar-refractivity contribution in [3.8, 4) is 0 Å². The minimum absolute atomic E-state index is 0.0863. The van der Waals surface area contributed by atoms with E-state index >= 15 is 0 Å². The molecule has 0 saturated heterocycles. The first-order valence-electron chi connectivity index (χ1n) is 6.36. The zero-order chi connectivity index (χ0) is 15.5. The van der Waals surface area contributed by atoms with Crippen molar-refractivity contribution in [3.63, 3.8) is 0 Å². The molecule has 7 nitrogen and oxygen atoms in total. The van der Waals surface area contributed by atoms with Crippen LogP contribution in [0.4, 0.5) is 0 Å². The van der Waals surface area contributed by atoms with Crippen molar-refractivity contribution in [1.82, 2.24) is 19.4 Å². The van der Waals surface area contributed by atoms with Crippen LogP contribution in [0.5, 0.6) is 0 Å². The second-order valence-corrected chi connectivity index (χ2v) is 7.24. The molecule has 1 aromatic rings. The van der Waals surface area contributed by atoms with Gasteiger partial charge in [0.15, 0.2) is 0 Å². The zero-order valence-corrected chi connectivity index (χ0v) is 13.4. The number of carbonyl (C=O) groups is 1. The van der Waals surface area contributed by atoms with E-state index in [0.717, 1.165) is 15.7 Å². The van der Waals surface area contributed by atoms with Crippen LogP contribution in [0.3, 0.4) is 0 Å². The van der Waals surface area contributed by atoms with Crippen molar-refractivity contribution in [3.05, 3.63) is 17.5 Å². The molecule has 1 atom stereocenters. The Labute approximate surface area is 120 Å². The quantitative estimate of drug-likeness (QED) is 0.806. The number of rotatable bonds is 6. The van der Waals surface area contributed by atoms with Crippen LogP contribution in [0.2, 0.25) is 0 Å². The summed E-state index contributed by atoms with van der Waals surface area (Å²) in [4.78, 5) is 12.0. The summed E-state index contributed by atoms with van der Waals surface area (Å²) in [6, 6.07) is 1.42. The van der Waals surface area contributed by atoms with Gasteiger partial charge in [-0.05, 0) is 26.8 Å². The number of sulfonamides is 1. The highest BCUT2D eigenvalue weighted by atomic mass is 32.2. The van der Waals surface area contributed by atoms with Gasteiger partial charge in [-0.2, -0.15) is 5.10 Å². The molecule has 8 heteroatoms. The van der Waals surface area contributed by atoms with Crippen LogP contribution in [0.25, 0.3) is 0 Å². The molecule has 0 aliphatic rings. The van der Waals surface area contributed by atoms with Gasteiger partial charge in [-0.3, -0.25) is 9.48 Å². The Kier molecular flexibility index (Phi) is 5.29. The summed E-state index contributed by atoms with van der Waals surface area (Å²) in [5, 5.41) is 6.87. The molecule has 1 unspecified atom stereocenters. The molecule has 1 heterocycles. The zero-order valence-electron chi connectivity index (χ0n) is 12.5. The smallest absolute Gasteiger partial charge is 0.244 e. The van der Waals surface area contributed by atoms with E-state index in [0.29, 0.717) is 0 Å². The minimum atomic E-state index is -3.29. The Morgan fingerprint density at radius 1 is 1.45 bits per heavy atom. The Balaban J connectivity index is 2.58. The fourth-order valence-electron chi connectivity index (χ4n) is 1.78. The fraction of sp³-hybridized carbons (Fsp3) is 0.667. The van der Waals surface area contributed by atoms with Gasteiger partial charge in [-0.1, -0.05) is 0 Å². The Morgan fingerprint density at radius 2 is 2.05 bits per heavy atom. The molecule has 0 aliphatic heterocycles. The number of aryl methyl sites for hydroxylation is 2. The summed E-state index contributed by atoms with van der Waals surface area (Å²) in [7, 11) is -0.356. The molecule has 0 radical (unpaired) electrons. The lowest BCUT2D eigenvalue weighted by atomic mass is 10.3. The molecule has 0 aliphatic carbocycles. The summed E-state index contributed by atoms with van der Waals surface area (Å²) >= 11 is 0. The molecule has 1 aromatic heterocycles. The molecule has 0 aromatic carbocycles. The second-order valence-electron chi connectivity index (χ2n) is 4.94. The Bertz CT molecular complexity index is 578. The highest BCUT2D eigenvalue weighted by molar-refractivity contribution is 7.89. The van der Waals surface area contributed by atoms with E-state index in [1.54, 1.807) is 11.6 Å². The van der Waals surface area contributed by atoms with Crippen LogP contribution in [-0.4, -0.2) is 54.8 Å². The molecule has 0 fully saturated rings. The van der Waals surface area contributed by atoms with Gasteiger partial charge in [0, 0.05) is 26.3 Å². The lowest BCUT2D eigenvalue weighted by molar-refractivity contribution is -0.124. The van der Waals surface area contributed by atoms with E-state index in [2.05, 4.69) is 10.4 Å². The van der Waals surface area contributed by atoms with Crippen LogP contribution in [0.1, 0.15) is 24.4 Å². The number of aromatic nitrogens is 2. The van der Waals surface area contributed by atoms with Crippen LogP contribution >= 0.6 is 0 Å². The normalized spacial score (nSPS) is 13.5. The van der Waals surface area contributed by atoms with E-state index in [1.807, 2.05) is 19.9 Å². The third-order valence-electron chi connectivity index (χ3n) is 3.01. The first kappa shape index (κ1) is 16.6. The first-order valence-corrected chi connectivity index (χ1v) is 7.96. The third-order valence-corrected chi connectivity index (χ3v) is 4.84. The summed E-state index contributed by atoms with van der Waals surface area (Å²) in [5.74, 6) is -0.361. The maximum absolute atomic E-state index is 12.0. The van der Waals surface area contributed by atoms with Crippen LogP contribution in [-0.2, 0) is 14.8 Å². The van der Waals surface area contributed by atoms with Crippen molar-refractivity contribution in [2.75, 3.05) is 26.4 Å². The molecule has 0 spiro atoms. The van der Waals surface area contributed by atoms with Gasteiger partial charge in [0.2, 0.25) is 15.9 Å². The molecule has 1 N–H and O–H groups in total. The fourth-order valence-corrected chi connectivity index (χ4v) is 2.51. The minimum Gasteiger partial charge on any atom is -0.353 e. The van der Waals surface area contributed by atoms with Gasteiger partial charge < -0.3 is 5.32 Å². The van der Waals surface area contributed by atoms with Gasteiger partial charge in [0.25, 0.3) is 0 Å². The number of nitrogens with zero attached hydrogens (tertiary/aromatic N) is 3. The number of hydrogen-bond acceptors (Lipinski definition) is 4. The van der Waals surface area contributed by atoms with Crippen LogP contribution in [0.15, 0.2) is 6.07 Å². The average molecular weight is 302 g/mol. The van der Waals surface area contributed by atoms with E-state index in [-0.39, 0.29) is 18.2 Å². The van der Waals surface area contributed by atoms with Crippen molar-refractivity contribution < 1.29 is 13.2 Å². The predicted octanol–water partition coefficient (Wildman–Crippen LogP) is 0.0685. The molecule has 20 heavy (non-hydrogen) atoms. The first-order chi connectivity index (χ1) is 9.15. The number of hydrogen-bond donors (Lipinski definition) is 1. The predicted molar refractivity (Wildman–Crippen MR) is 76.9 cm³/mol. The van der Waals surface area contributed by atoms with Crippen LogP contribution < -0.4 is 5.32 Å². The van der Waals surface area contributed by atoms with E-state index in [9.17, 15) is 13.2 Å². The standard InChI is InChI=1S/C12H22N4O3S/c1-9-8-10(2)16(14-9)11(3)12(17)13-6-7-20(18,19)15(4)5/h8,11H,6-7H2,1-5H3,(H,13,17). The van der Waals surface area contributed by atoms with Crippen LogP contribution in [0, 0.1) is 13.8 Å².